The van der Waals surface area contributed by atoms with Crippen LogP contribution in [0.2, 0.25) is 5.02 Å². The number of benzene rings is 1. The summed E-state index contributed by atoms with van der Waals surface area (Å²) in [5, 5.41) is 13.4. The average Bonchev–Trinajstić information content (AvgIpc) is 3.03. The Morgan fingerprint density at radius 2 is 2.00 bits per heavy atom. The first kappa shape index (κ1) is 10.9. The minimum Gasteiger partial charge on any atom is -0.396 e. The summed E-state index contributed by atoms with van der Waals surface area (Å²) < 4.78 is 0. The van der Waals surface area contributed by atoms with Gasteiger partial charge in [-0.3, -0.25) is 0 Å². The van der Waals surface area contributed by atoms with Gasteiger partial charge in [0.05, 0.1) is 6.61 Å². The summed E-state index contributed by atoms with van der Waals surface area (Å²) in [6.07, 6.45) is 2.19. The molecule has 0 heterocycles. The van der Waals surface area contributed by atoms with Crippen molar-refractivity contribution < 1.29 is 5.11 Å². The van der Waals surface area contributed by atoms with Crippen molar-refractivity contribution in [2.75, 3.05) is 13.7 Å². The third-order valence-electron chi connectivity index (χ3n) is 3.31. The van der Waals surface area contributed by atoms with Crippen LogP contribution in [0.1, 0.15) is 24.4 Å². The molecule has 0 aromatic heterocycles. The van der Waals surface area contributed by atoms with E-state index in [1.165, 1.54) is 5.56 Å². The Labute approximate surface area is 95.3 Å². The molecule has 3 heteroatoms. The predicted octanol–water partition coefficient (Wildman–Crippen LogP) is 2.37. The van der Waals surface area contributed by atoms with E-state index in [9.17, 15) is 5.11 Å². The molecule has 0 saturated heterocycles. The van der Waals surface area contributed by atoms with E-state index in [0.717, 1.165) is 17.9 Å². The third kappa shape index (κ3) is 2.03. The van der Waals surface area contributed by atoms with Crippen molar-refractivity contribution in [1.82, 2.24) is 5.32 Å². The summed E-state index contributed by atoms with van der Waals surface area (Å²) in [5.41, 5.74) is 1.26. The maximum absolute atomic E-state index is 9.41. The van der Waals surface area contributed by atoms with Crippen molar-refractivity contribution in [3.05, 3.63) is 34.9 Å². The fourth-order valence-electron chi connectivity index (χ4n) is 2.18. The summed E-state index contributed by atoms with van der Waals surface area (Å²) >= 11 is 5.85. The molecule has 2 rings (SSSR count). The predicted molar refractivity (Wildman–Crippen MR) is 62.0 cm³/mol. The molecule has 1 unspecified atom stereocenters. The number of rotatable bonds is 4. The second-order valence-electron chi connectivity index (χ2n) is 4.29. The minimum absolute atomic E-state index is 0.0581. The van der Waals surface area contributed by atoms with Crippen LogP contribution >= 0.6 is 11.6 Å². The Morgan fingerprint density at radius 3 is 2.40 bits per heavy atom. The standard InChI is InChI=1S/C12H16ClNO/c1-14-11(12(8-15)6-7-12)9-2-4-10(13)5-3-9/h2-5,11,14-15H,6-8H2,1H3. The Kier molecular flexibility index (Phi) is 3.01. The molecule has 1 aliphatic rings. The second kappa shape index (κ2) is 4.12. The lowest BCUT2D eigenvalue weighted by Crippen LogP contribution is -2.29. The lowest BCUT2D eigenvalue weighted by Gasteiger charge is -2.25. The molecule has 2 N–H and O–H groups in total. The molecule has 1 aromatic rings. The molecule has 0 radical (unpaired) electrons. The van der Waals surface area contributed by atoms with Crippen molar-refractivity contribution in [1.29, 1.82) is 0 Å². The topological polar surface area (TPSA) is 32.3 Å². The van der Waals surface area contributed by atoms with E-state index in [1.807, 2.05) is 31.3 Å². The van der Waals surface area contributed by atoms with Gasteiger partial charge in [0.2, 0.25) is 0 Å². The van der Waals surface area contributed by atoms with Crippen molar-refractivity contribution in [2.45, 2.75) is 18.9 Å². The van der Waals surface area contributed by atoms with E-state index in [1.54, 1.807) is 0 Å². The van der Waals surface area contributed by atoms with E-state index in [-0.39, 0.29) is 18.1 Å². The Balaban J connectivity index is 2.23. The van der Waals surface area contributed by atoms with Crippen LogP contribution in [-0.2, 0) is 0 Å². The summed E-state index contributed by atoms with van der Waals surface area (Å²) in [6.45, 7) is 0.251. The average molecular weight is 226 g/mol. The van der Waals surface area contributed by atoms with Gasteiger partial charge >= 0.3 is 0 Å². The van der Waals surface area contributed by atoms with Crippen LogP contribution in [-0.4, -0.2) is 18.8 Å². The van der Waals surface area contributed by atoms with Crippen molar-refractivity contribution in [3.8, 4) is 0 Å². The van der Waals surface area contributed by atoms with Crippen LogP contribution in [0.3, 0.4) is 0 Å². The smallest absolute Gasteiger partial charge is 0.0505 e. The molecule has 0 amide bonds. The van der Waals surface area contributed by atoms with Gasteiger partial charge in [0.25, 0.3) is 0 Å². The zero-order chi connectivity index (χ0) is 10.9. The van der Waals surface area contributed by atoms with E-state index < -0.39 is 0 Å². The lowest BCUT2D eigenvalue weighted by atomic mass is 9.91. The molecule has 0 aliphatic heterocycles. The monoisotopic (exact) mass is 225 g/mol. The quantitative estimate of drug-likeness (QED) is 0.825. The highest BCUT2D eigenvalue weighted by Crippen LogP contribution is 2.54. The first-order valence-electron chi connectivity index (χ1n) is 5.25. The van der Waals surface area contributed by atoms with Gasteiger partial charge in [-0.15, -0.1) is 0 Å². The van der Waals surface area contributed by atoms with Gasteiger partial charge in [-0.25, -0.2) is 0 Å². The van der Waals surface area contributed by atoms with Crippen molar-refractivity contribution >= 4 is 11.6 Å². The summed E-state index contributed by atoms with van der Waals surface area (Å²) in [4.78, 5) is 0. The molecule has 82 valence electrons. The summed E-state index contributed by atoms with van der Waals surface area (Å²) in [7, 11) is 1.94. The maximum Gasteiger partial charge on any atom is 0.0505 e. The van der Waals surface area contributed by atoms with Crippen LogP contribution in [0.15, 0.2) is 24.3 Å². The van der Waals surface area contributed by atoms with E-state index in [4.69, 9.17) is 11.6 Å². The largest absolute Gasteiger partial charge is 0.396 e. The van der Waals surface area contributed by atoms with E-state index in [2.05, 4.69) is 5.32 Å². The number of hydrogen-bond acceptors (Lipinski definition) is 2. The van der Waals surface area contributed by atoms with Gasteiger partial charge in [0.15, 0.2) is 0 Å². The third-order valence-corrected chi connectivity index (χ3v) is 3.56. The van der Waals surface area contributed by atoms with Gasteiger partial charge in [0, 0.05) is 16.5 Å². The van der Waals surface area contributed by atoms with E-state index in [0.29, 0.717) is 0 Å². The van der Waals surface area contributed by atoms with Gasteiger partial charge in [-0.05, 0) is 37.6 Å². The molecular formula is C12H16ClNO. The molecule has 15 heavy (non-hydrogen) atoms. The van der Waals surface area contributed by atoms with Crippen molar-refractivity contribution in [2.24, 2.45) is 5.41 Å². The van der Waals surface area contributed by atoms with Crippen molar-refractivity contribution in [3.63, 3.8) is 0 Å². The van der Waals surface area contributed by atoms with Gasteiger partial charge in [-0.2, -0.15) is 0 Å². The molecule has 1 saturated carbocycles. The highest BCUT2D eigenvalue weighted by Gasteiger charge is 2.48. The van der Waals surface area contributed by atoms with Crippen LogP contribution in [0, 0.1) is 5.41 Å². The fourth-order valence-corrected chi connectivity index (χ4v) is 2.31. The number of aliphatic hydroxyl groups excluding tert-OH is 1. The first-order valence-corrected chi connectivity index (χ1v) is 5.63. The molecule has 0 spiro atoms. The summed E-state index contributed by atoms with van der Waals surface area (Å²) in [6, 6.07) is 8.08. The van der Waals surface area contributed by atoms with Crippen LogP contribution < -0.4 is 5.32 Å². The molecule has 1 fully saturated rings. The highest BCUT2D eigenvalue weighted by atomic mass is 35.5. The number of hydrogen-bond donors (Lipinski definition) is 2. The lowest BCUT2D eigenvalue weighted by molar-refractivity contribution is 0.175. The Morgan fingerprint density at radius 1 is 1.40 bits per heavy atom. The zero-order valence-corrected chi connectivity index (χ0v) is 9.59. The highest BCUT2D eigenvalue weighted by molar-refractivity contribution is 6.30. The number of aliphatic hydroxyl groups is 1. The minimum atomic E-state index is 0.0581. The molecule has 2 nitrogen and oxygen atoms in total. The van der Waals surface area contributed by atoms with Gasteiger partial charge in [0.1, 0.15) is 0 Å². The van der Waals surface area contributed by atoms with Crippen LogP contribution in [0.25, 0.3) is 0 Å². The van der Waals surface area contributed by atoms with Crippen LogP contribution in [0.4, 0.5) is 0 Å². The van der Waals surface area contributed by atoms with E-state index >= 15 is 0 Å². The molecular weight excluding hydrogens is 210 g/mol. The second-order valence-corrected chi connectivity index (χ2v) is 4.73. The molecule has 1 atom stereocenters. The molecule has 1 aromatic carbocycles. The summed E-state index contributed by atoms with van der Waals surface area (Å²) in [5.74, 6) is 0. The fraction of sp³-hybridized carbons (Fsp3) is 0.500. The molecule has 1 aliphatic carbocycles. The SMILES string of the molecule is CNC(c1ccc(Cl)cc1)C1(CO)CC1. The Bertz CT molecular complexity index is 332. The van der Waals surface area contributed by atoms with Gasteiger partial charge < -0.3 is 10.4 Å². The normalized spacial score (nSPS) is 19.9. The first-order chi connectivity index (χ1) is 7.22. The zero-order valence-electron chi connectivity index (χ0n) is 8.83. The number of halogens is 1. The van der Waals surface area contributed by atoms with Crippen LogP contribution in [0.5, 0.6) is 0 Å². The van der Waals surface area contributed by atoms with Gasteiger partial charge in [-0.1, -0.05) is 23.7 Å². The Hall–Kier alpha value is -0.570. The number of nitrogens with one attached hydrogen (secondary N) is 1. The maximum atomic E-state index is 9.41. The molecule has 0 bridgehead atoms.